The van der Waals surface area contributed by atoms with Crippen molar-refractivity contribution in [2.45, 2.75) is 6.61 Å². The summed E-state index contributed by atoms with van der Waals surface area (Å²) >= 11 is 1.54. The molecule has 98 valence electrons. The van der Waals surface area contributed by atoms with Gasteiger partial charge in [-0.25, -0.2) is 4.98 Å². The van der Waals surface area contributed by atoms with E-state index in [1.54, 1.807) is 35.9 Å². The molecule has 0 atom stereocenters. The van der Waals surface area contributed by atoms with Crippen LogP contribution in [-0.4, -0.2) is 17.4 Å². The molecule has 0 fully saturated rings. The maximum atomic E-state index is 11.7. The van der Waals surface area contributed by atoms with Gasteiger partial charge in [0.1, 0.15) is 12.4 Å². The standard InChI is InChI=1S/C14H14N2O2S/c1-2-7-15-14(17)11-3-5-13(6-4-11)18-8-12-9-19-10-16-12/h2-6,9-10H,1,7-8H2,(H,15,17). The highest BCUT2D eigenvalue weighted by molar-refractivity contribution is 7.07. The zero-order valence-electron chi connectivity index (χ0n) is 10.3. The largest absolute Gasteiger partial charge is 0.487 e. The van der Waals surface area contributed by atoms with E-state index in [0.29, 0.717) is 24.5 Å². The van der Waals surface area contributed by atoms with Crippen molar-refractivity contribution in [1.82, 2.24) is 10.3 Å². The molecule has 0 aliphatic rings. The Morgan fingerprint density at radius 1 is 1.42 bits per heavy atom. The van der Waals surface area contributed by atoms with Crippen LogP contribution < -0.4 is 10.1 Å². The molecule has 19 heavy (non-hydrogen) atoms. The molecule has 1 aromatic heterocycles. The molecule has 0 radical (unpaired) electrons. The smallest absolute Gasteiger partial charge is 0.251 e. The van der Waals surface area contributed by atoms with E-state index in [0.717, 1.165) is 5.69 Å². The Labute approximate surface area is 115 Å². The number of carbonyl (C=O) groups is 1. The van der Waals surface area contributed by atoms with Gasteiger partial charge in [-0.05, 0) is 24.3 Å². The number of hydrogen-bond donors (Lipinski definition) is 1. The van der Waals surface area contributed by atoms with Gasteiger partial charge in [-0.3, -0.25) is 4.79 Å². The van der Waals surface area contributed by atoms with Gasteiger partial charge in [0.05, 0.1) is 11.2 Å². The molecule has 0 saturated heterocycles. The number of rotatable bonds is 6. The first-order chi connectivity index (χ1) is 9.29. The highest BCUT2D eigenvalue weighted by atomic mass is 32.1. The summed E-state index contributed by atoms with van der Waals surface area (Å²) in [6, 6.07) is 7.01. The molecule has 0 aliphatic carbocycles. The van der Waals surface area contributed by atoms with Crippen molar-refractivity contribution in [2.24, 2.45) is 0 Å². The van der Waals surface area contributed by atoms with Crippen LogP contribution in [-0.2, 0) is 6.61 Å². The summed E-state index contributed by atoms with van der Waals surface area (Å²) in [5.41, 5.74) is 3.27. The summed E-state index contributed by atoms with van der Waals surface area (Å²) < 4.78 is 5.56. The van der Waals surface area contributed by atoms with Gasteiger partial charge in [0.2, 0.25) is 0 Å². The Hall–Kier alpha value is -2.14. The lowest BCUT2D eigenvalue weighted by atomic mass is 10.2. The van der Waals surface area contributed by atoms with Gasteiger partial charge >= 0.3 is 0 Å². The van der Waals surface area contributed by atoms with Crippen LogP contribution >= 0.6 is 11.3 Å². The van der Waals surface area contributed by atoms with Gasteiger partial charge in [0.15, 0.2) is 0 Å². The van der Waals surface area contributed by atoms with Gasteiger partial charge in [-0.15, -0.1) is 17.9 Å². The van der Waals surface area contributed by atoms with Crippen molar-refractivity contribution in [3.05, 3.63) is 59.1 Å². The van der Waals surface area contributed by atoms with Crippen molar-refractivity contribution in [3.63, 3.8) is 0 Å². The third-order valence-corrected chi connectivity index (χ3v) is 3.03. The summed E-state index contributed by atoms with van der Waals surface area (Å²) in [5, 5.41) is 4.66. The third-order valence-electron chi connectivity index (χ3n) is 2.39. The Morgan fingerprint density at radius 2 is 2.21 bits per heavy atom. The molecule has 2 rings (SSSR count). The minimum Gasteiger partial charge on any atom is -0.487 e. The van der Waals surface area contributed by atoms with E-state index in [1.165, 1.54) is 11.3 Å². The van der Waals surface area contributed by atoms with E-state index >= 15 is 0 Å². The SMILES string of the molecule is C=CCNC(=O)c1ccc(OCc2cscn2)cc1. The van der Waals surface area contributed by atoms with E-state index in [1.807, 2.05) is 5.38 Å². The molecule has 0 aliphatic heterocycles. The minimum absolute atomic E-state index is 0.119. The molecule has 0 unspecified atom stereocenters. The van der Waals surface area contributed by atoms with Gasteiger partial charge in [0.25, 0.3) is 5.91 Å². The lowest BCUT2D eigenvalue weighted by molar-refractivity contribution is 0.0958. The van der Waals surface area contributed by atoms with Crippen LogP contribution in [0.4, 0.5) is 0 Å². The highest BCUT2D eigenvalue weighted by Gasteiger charge is 2.04. The Morgan fingerprint density at radius 3 is 2.84 bits per heavy atom. The van der Waals surface area contributed by atoms with Crippen molar-refractivity contribution in [3.8, 4) is 5.75 Å². The van der Waals surface area contributed by atoms with Crippen LogP contribution in [0.5, 0.6) is 5.75 Å². The van der Waals surface area contributed by atoms with Crippen LogP contribution in [0.25, 0.3) is 0 Å². The molecule has 2 aromatic rings. The number of ether oxygens (including phenoxy) is 1. The Kier molecular flexibility index (Phi) is 4.69. The van der Waals surface area contributed by atoms with Crippen LogP contribution in [0.3, 0.4) is 0 Å². The molecule has 1 heterocycles. The fourth-order valence-corrected chi connectivity index (χ4v) is 1.98. The number of nitrogens with one attached hydrogen (secondary N) is 1. The van der Waals surface area contributed by atoms with Crippen LogP contribution in [0.15, 0.2) is 47.8 Å². The summed E-state index contributed by atoms with van der Waals surface area (Å²) in [5.74, 6) is 0.597. The maximum Gasteiger partial charge on any atom is 0.251 e. The number of nitrogens with zero attached hydrogens (tertiary/aromatic N) is 1. The molecular weight excluding hydrogens is 260 g/mol. The van der Waals surface area contributed by atoms with Gasteiger partial charge < -0.3 is 10.1 Å². The van der Waals surface area contributed by atoms with Crippen LogP contribution in [0.2, 0.25) is 0 Å². The van der Waals surface area contributed by atoms with Crippen molar-refractivity contribution >= 4 is 17.2 Å². The van der Waals surface area contributed by atoms with Gasteiger partial charge in [-0.2, -0.15) is 0 Å². The second kappa shape index (κ2) is 6.70. The zero-order chi connectivity index (χ0) is 13.5. The van der Waals surface area contributed by atoms with Crippen molar-refractivity contribution < 1.29 is 9.53 Å². The molecule has 0 saturated carbocycles. The second-order valence-electron chi connectivity index (χ2n) is 3.79. The summed E-state index contributed by atoms with van der Waals surface area (Å²) in [6.07, 6.45) is 1.64. The van der Waals surface area contributed by atoms with E-state index in [4.69, 9.17) is 4.74 Å². The Balaban J connectivity index is 1.90. The first-order valence-electron chi connectivity index (χ1n) is 5.78. The van der Waals surface area contributed by atoms with E-state index in [-0.39, 0.29) is 5.91 Å². The molecule has 1 N–H and O–H groups in total. The quantitative estimate of drug-likeness (QED) is 0.824. The average molecular weight is 274 g/mol. The molecular formula is C14H14N2O2S. The maximum absolute atomic E-state index is 11.7. The zero-order valence-corrected chi connectivity index (χ0v) is 11.2. The molecule has 0 spiro atoms. The van der Waals surface area contributed by atoms with Crippen molar-refractivity contribution in [1.29, 1.82) is 0 Å². The lowest BCUT2D eigenvalue weighted by Crippen LogP contribution is -2.22. The van der Waals surface area contributed by atoms with E-state index in [9.17, 15) is 4.79 Å². The highest BCUT2D eigenvalue weighted by Crippen LogP contribution is 2.14. The first kappa shape index (κ1) is 13.3. The fourth-order valence-electron chi connectivity index (χ4n) is 1.44. The van der Waals surface area contributed by atoms with E-state index < -0.39 is 0 Å². The van der Waals surface area contributed by atoms with Crippen molar-refractivity contribution in [2.75, 3.05) is 6.54 Å². The number of carbonyl (C=O) groups excluding carboxylic acids is 1. The predicted octanol–water partition coefficient (Wildman–Crippen LogP) is 2.64. The minimum atomic E-state index is -0.119. The predicted molar refractivity (Wildman–Crippen MR) is 75.4 cm³/mol. The van der Waals surface area contributed by atoms with Crippen LogP contribution in [0, 0.1) is 0 Å². The number of hydrogen-bond acceptors (Lipinski definition) is 4. The average Bonchev–Trinajstić information content (AvgIpc) is 2.96. The van der Waals surface area contributed by atoms with Gasteiger partial charge in [0, 0.05) is 17.5 Å². The van der Waals surface area contributed by atoms with E-state index in [2.05, 4.69) is 16.9 Å². The normalized spacial score (nSPS) is 9.89. The number of thiazole rings is 1. The molecule has 1 aromatic carbocycles. The molecule has 4 nitrogen and oxygen atoms in total. The number of amides is 1. The topological polar surface area (TPSA) is 51.2 Å². The fraction of sp³-hybridized carbons (Fsp3) is 0.143. The monoisotopic (exact) mass is 274 g/mol. The summed E-state index contributed by atoms with van der Waals surface area (Å²) in [4.78, 5) is 15.8. The summed E-state index contributed by atoms with van der Waals surface area (Å²) in [7, 11) is 0. The second-order valence-corrected chi connectivity index (χ2v) is 4.51. The molecule has 5 heteroatoms. The first-order valence-corrected chi connectivity index (χ1v) is 6.73. The third kappa shape index (κ3) is 3.93. The molecule has 1 amide bonds. The molecule has 0 bridgehead atoms. The lowest BCUT2D eigenvalue weighted by Gasteiger charge is -2.06. The van der Waals surface area contributed by atoms with Gasteiger partial charge in [-0.1, -0.05) is 6.08 Å². The number of aromatic nitrogens is 1. The number of benzene rings is 1. The Bertz CT molecular complexity index is 535. The van der Waals surface area contributed by atoms with Crippen LogP contribution in [0.1, 0.15) is 16.1 Å². The summed E-state index contributed by atoms with van der Waals surface area (Å²) in [6.45, 7) is 4.44.